The van der Waals surface area contributed by atoms with Crippen molar-refractivity contribution in [1.29, 1.82) is 0 Å². The van der Waals surface area contributed by atoms with Gasteiger partial charge in [-0.3, -0.25) is 4.79 Å². The molecule has 0 spiro atoms. The van der Waals surface area contributed by atoms with Gasteiger partial charge in [0.25, 0.3) is 0 Å². The topological polar surface area (TPSA) is 43.4 Å². The minimum absolute atomic E-state index is 0.0103. The van der Waals surface area contributed by atoms with Crippen LogP contribution in [0.25, 0.3) is 6.08 Å². The second-order valence-electron chi connectivity index (χ2n) is 5.76. The highest BCUT2D eigenvalue weighted by atomic mass is 16.5. The smallest absolute Gasteiger partial charge is 0.335 e. The molecule has 0 unspecified atom stereocenters. The van der Waals surface area contributed by atoms with Gasteiger partial charge in [0.15, 0.2) is 5.78 Å². The maximum atomic E-state index is 11.7. The Morgan fingerprint density at radius 2 is 1.90 bits per heavy atom. The molecule has 0 N–H and O–H groups in total. The van der Waals surface area contributed by atoms with Crippen LogP contribution in [-0.4, -0.2) is 11.8 Å². The lowest BCUT2D eigenvalue weighted by atomic mass is 9.79. The fraction of sp³-hybridized carbons (Fsp3) is 0.294. The lowest BCUT2D eigenvalue weighted by Gasteiger charge is -2.27. The lowest BCUT2D eigenvalue weighted by molar-refractivity contribution is -0.134. The molecular weight excluding hydrogens is 252 g/mol. The molecule has 0 radical (unpaired) electrons. The molecule has 20 heavy (non-hydrogen) atoms. The summed E-state index contributed by atoms with van der Waals surface area (Å²) in [6.07, 6.45) is 5.60. The summed E-state index contributed by atoms with van der Waals surface area (Å²) in [5.41, 5.74) is 0.781. The van der Waals surface area contributed by atoms with E-state index in [1.807, 2.05) is 44.2 Å². The number of carbonyl (C=O) groups excluding carboxylic acids is 2. The Balaban J connectivity index is 1.98. The minimum Gasteiger partial charge on any atom is -0.428 e. The van der Waals surface area contributed by atoms with Crippen molar-refractivity contribution in [2.24, 2.45) is 5.41 Å². The largest absolute Gasteiger partial charge is 0.428 e. The van der Waals surface area contributed by atoms with E-state index in [1.54, 1.807) is 6.08 Å². The molecule has 1 aliphatic carbocycles. The summed E-state index contributed by atoms with van der Waals surface area (Å²) in [4.78, 5) is 23.3. The normalized spacial score (nSPS) is 17.9. The van der Waals surface area contributed by atoms with Gasteiger partial charge < -0.3 is 4.74 Å². The van der Waals surface area contributed by atoms with Gasteiger partial charge in [-0.25, -0.2) is 4.79 Å². The zero-order valence-electron chi connectivity index (χ0n) is 11.8. The Kier molecular flexibility index (Phi) is 4.18. The Hall–Kier alpha value is -2.16. The predicted octanol–water partition coefficient (Wildman–Crippen LogP) is 3.52. The second kappa shape index (κ2) is 5.87. The summed E-state index contributed by atoms with van der Waals surface area (Å²) >= 11 is 0. The maximum absolute atomic E-state index is 11.7. The van der Waals surface area contributed by atoms with Gasteiger partial charge in [0.05, 0.1) is 0 Å². The van der Waals surface area contributed by atoms with Gasteiger partial charge in [-0.1, -0.05) is 44.2 Å². The molecule has 104 valence electrons. The fourth-order valence-electron chi connectivity index (χ4n) is 2.24. The zero-order valence-corrected chi connectivity index (χ0v) is 11.8. The van der Waals surface area contributed by atoms with E-state index in [-0.39, 0.29) is 11.2 Å². The first-order chi connectivity index (χ1) is 9.44. The molecule has 1 aliphatic rings. The van der Waals surface area contributed by atoms with Crippen LogP contribution in [-0.2, 0) is 14.3 Å². The molecule has 0 atom stereocenters. The standard InChI is InChI=1S/C17H18O3/c1-17(2)11-14(18)10-15(12-17)20-16(19)9-8-13-6-4-3-5-7-13/h3-10H,11-12H2,1-2H3/b9-8+. The van der Waals surface area contributed by atoms with Crippen molar-refractivity contribution < 1.29 is 14.3 Å². The summed E-state index contributed by atoms with van der Waals surface area (Å²) in [6, 6.07) is 9.51. The number of rotatable bonds is 3. The van der Waals surface area contributed by atoms with E-state index < -0.39 is 5.97 Å². The molecule has 1 aromatic rings. The Morgan fingerprint density at radius 1 is 1.20 bits per heavy atom. The monoisotopic (exact) mass is 270 g/mol. The van der Waals surface area contributed by atoms with Crippen LogP contribution >= 0.6 is 0 Å². The number of esters is 1. The molecule has 0 aliphatic heterocycles. The molecule has 3 heteroatoms. The quantitative estimate of drug-likeness (QED) is 0.623. The third-order valence-electron chi connectivity index (χ3n) is 3.07. The zero-order chi connectivity index (χ0) is 14.6. The van der Waals surface area contributed by atoms with E-state index in [0.29, 0.717) is 18.6 Å². The first kappa shape index (κ1) is 14.3. The molecule has 0 fully saturated rings. The van der Waals surface area contributed by atoms with Crippen LogP contribution in [0, 0.1) is 5.41 Å². The first-order valence-corrected chi connectivity index (χ1v) is 6.63. The van der Waals surface area contributed by atoms with Crippen molar-refractivity contribution in [3.63, 3.8) is 0 Å². The predicted molar refractivity (Wildman–Crippen MR) is 77.7 cm³/mol. The molecular formula is C17H18O3. The van der Waals surface area contributed by atoms with Crippen molar-refractivity contribution in [3.05, 3.63) is 53.8 Å². The van der Waals surface area contributed by atoms with Crippen molar-refractivity contribution in [1.82, 2.24) is 0 Å². The van der Waals surface area contributed by atoms with Gasteiger partial charge in [0.2, 0.25) is 0 Å². The highest BCUT2D eigenvalue weighted by Gasteiger charge is 2.29. The van der Waals surface area contributed by atoms with Crippen molar-refractivity contribution >= 4 is 17.8 Å². The summed E-state index contributed by atoms with van der Waals surface area (Å²) in [5, 5.41) is 0. The van der Waals surface area contributed by atoms with Crippen LogP contribution in [0.5, 0.6) is 0 Å². The Bertz CT molecular complexity index is 565. The van der Waals surface area contributed by atoms with Gasteiger partial charge in [0, 0.05) is 25.0 Å². The summed E-state index contributed by atoms with van der Waals surface area (Å²) in [6.45, 7) is 3.98. The average molecular weight is 270 g/mol. The molecule has 0 saturated heterocycles. The molecule has 2 rings (SSSR count). The molecule has 1 aromatic carbocycles. The van der Waals surface area contributed by atoms with Crippen molar-refractivity contribution in [2.45, 2.75) is 26.7 Å². The van der Waals surface area contributed by atoms with Crippen LogP contribution in [0.15, 0.2) is 48.2 Å². The van der Waals surface area contributed by atoms with E-state index in [1.165, 1.54) is 12.2 Å². The van der Waals surface area contributed by atoms with Crippen LogP contribution < -0.4 is 0 Å². The van der Waals surface area contributed by atoms with Gasteiger partial charge in [-0.05, 0) is 17.1 Å². The average Bonchev–Trinajstić information content (AvgIpc) is 2.35. The summed E-state index contributed by atoms with van der Waals surface area (Å²) < 4.78 is 5.23. The second-order valence-corrected chi connectivity index (χ2v) is 5.76. The third-order valence-corrected chi connectivity index (χ3v) is 3.07. The van der Waals surface area contributed by atoms with Gasteiger partial charge >= 0.3 is 5.97 Å². The number of hydrogen-bond donors (Lipinski definition) is 0. The van der Waals surface area contributed by atoms with Crippen LogP contribution in [0.1, 0.15) is 32.3 Å². The van der Waals surface area contributed by atoms with Crippen LogP contribution in [0.4, 0.5) is 0 Å². The third kappa shape index (κ3) is 4.19. The Morgan fingerprint density at radius 3 is 2.55 bits per heavy atom. The van der Waals surface area contributed by atoms with E-state index in [4.69, 9.17) is 4.74 Å². The van der Waals surface area contributed by atoms with E-state index in [9.17, 15) is 9.59 Å². The summed E-state index contributed by atoms with van der Waals surface area (Å²) in [5.74, 6) is 0.00986. The first-order valence-electron chi connectivity index (χ1n) is 6.63. The van der Waals surface area contributed by atoms with Gasteiger partial charge in [-0.15, -0.1) is 0 Å². The fourth-order valence-corrected chi connectivity index (χ4v) is 2.24. The Labute approximate surface area is 118 Å². The number of ketones is 1. The van der Waals surface area contributed by atoms with Gasteiger partial charge in [-0.2, -0.15) is 0 Å². The molecule has 3 nitrogen and oxygen atoms in total. The number of ether oxygens (including phenoxy) is 1. The molecule has 0 heterocycles. The maximum Gasteiger partial charge on any atom is 0.335 e. The van der Waals surface area contributed by atoms with E-state index in [0.717, 1.165) is 5.56 Å². The number of benzene rings is 1. The van der Waals surface area contributed by atoms with E-state index >= 15 is 0 Å². The van der Waals surface area contributed by atoms with Crippen LogP contribution in [0.3, 0.4) is 0 Å². The molecule has 0 bridgehead atoms. The molecule has 0 saturated carbocycles. The SMILES string of the molecule is CC1(C)CC(=O)C=C(OC(=O)/C=C/c2ccccc2)C1. The van der Waals surface area contributed by atoms with Crippen molar-refractivity contribution in [3.8, 4) is 0 Å². The number of allylic oxidation sites excluding steroid dienone is 2. The highest BCUT2D eigenvalue weighted by Crippen LogP contribution is 2.34. The molecule has 0 aromatic heterocycles. The van der Waals surface area contributed by atoms with Crippen molar-refractivity contribution in [2.75, 3.05) is 0 Å². The lowest BCUT2D eigenvalue weighted by Crippen LogP contribution is -2.23. The number of hydrogen-bond acceptors (Lipinski definition) is 3. The molecule has 0 amide bonds. The van der Waals surface area contributed by atoms with Crippen LogP contribution in [0.2, 0.25) is 0 Å². The van der Waals surface area contributed by atoms with Gasteiger partial charge in [0.1, 0.15) is 5.76 Å². The van der Waals surface area contributed by atoms with E-state index in [2.05, 4.69) is 0 Å². The highest BCUT2D eigenvalue weighted by molar-refractivity contribution is 5.93. The minimum atomic E-state index is -0.453. The number of carbonyl (C=O) groups is 2. The summed E-state index contributed by atoms with van der Waals surface area (Å²) in [7, 11) is 0.